The van der Waals surface area contributed by atoms with E-state index in [-0.39, 0.29) is 0 Å². The van der Waals surface area contributed by atoms with Gasteiger partial charge in [0.25, 0.3) is 0 Å². The molecule has 0 amide bonds. The highest BCUT2D eigenvalue weighted by atomic mass is 15.2. The third-order valence-corrected chi connectivity index (χ3v) is 4.34. The molecule has 0 bridgehead atoms. The van der Waals surface area contributed by atoms with Crippen molar-refractivity contribution in [2.24, 2.45) is 11.1 Å². The molecule has 1 fully saturated rings. The van der Waals surface area contributed by atoms with Gasteiger partial charge >= 0.3 is 0 Å². The van der Waals surface area contributed by atoms with Gasteiger partial charge in [-0.2, -0.15) is 0 Å². The summed E-state index contributed by atoms with van der Waals surface area (Å²) in [7, 11) is 0. The molecule has 0 radical (unpaired) electrons. The highest BCUT2D eigenvalue weighted by molar-refractivity contribution is 4.93. The number of rotatable bonds is 5. The molecule has 0 spiro atoms. The molecule has 1 rings (SSSR count). The second-order valence-electron chi connectivity index (χ2n) is 5.47. The van der Waals surface area contributed by atoms with Crippen LogP contribution in [0.3, 0.4) is 0 Å². The molecular weight excluding hydrogens is 184 g/mol. The summed E-state index contributed by atoms with van der Waals surface area (Å²) in [6.07, 6.45) is 5.07. The van der Waals surface area contributed by atoms with Crippen molar-refractivity contribution < 1.29 is 0 Å². The van der Waals surface area contributed by atoms with Crippen LogP contribution in [0.25, 0.3) is 0 Å². The Morgan fingerprint density at radius 2 is 2.13 bits per heavy atom. The lowest BCUT2D eigenvalue weighted by Crippen LogP contribution is -2.46. The molecule has 15 heavy (non-hydrogen) atoms. The Hall–Kier alpha value is -0.0800. The number of nitrogens with two attached hydrogens (primary N) is 1. The van der Waals surface area contributed by atoms with Crippen LogP contribution in [-0.2, 0) is 0 Å². The van der Waals surface area contributed by atoms with Crippen LogP contribution in [0.15, 0.2) is 0 Å². The van der Waals surface area contributed by atoms with Crippen molar-refractivity contribution in [2.45, 2.75) is 65.5 Å². The van der Waals surface area contributed by atoms with E-state index in [0.717, 1.165) is 6.54 Å². The van der Waals surface area contributed by atoms with Gasteiger partial charge in [0.1, 0.15) is 0 Å². The number of hydrogen-bond acceptors (Lipinski definition) is 2. The summed E-state index contributed by atoms with van der Waals surface area (Å²) in [6, 6.07) is 1.11. The molecule has 0 heterocycles. The van der Waals surface area contributed by atoms with E-state index in [9.17, 15) is 0 Å². The van der Waals surface area contributed by atoms with Gasteiger partial charge in [-0.05, 0) is 38.1 Å². The van der Waals surface area contributed by atoms with E-state index in [1.165, 1.54) is 32.2 Å². The summed E-state index contributed by atoms with van der Waals surface area (Å²) < 4.78 is 0. The van der Waals surface area contributed by atoms with Gasteiger partial charge in [0.2, 0.25) is 0 Å². The fourth-order valence-corrected chi connectivity index (χ4v) is 2.76. The largest absolute Gasteiger partial charge is 0.327 e. The number of nitrogens with zero attached hydrogens (tertiary/aromatic N) is 1. The van der Waals surface area contributed by atoms with E-state index in [1.54, 1.807) is 0 Å². The quantitative estimate of drug-likeness (QED) is 0.759. The summed E-state index contributed by atoms with van der Waals surface area (Å²) in [5.74, 6) is 0. The molecule has 2 nitrogen and oxygen atoms in total. The molecule has 2 heteroatoms. The van der Waals surface area contributed by atoms with E-state index in [4.69, 9.17) is 5.73 Å². The van der Waals surface area contributed by atoms with Crippen LogP contribution >= 0.6 is 0 Å². The maximum Gasteiger partial charge on any atom is 0.0105 e. The second kappa shape index (κ2) is 5.31. The molecule has 0 aliphatic heterocycles. The normalized spacial score (nSPS) is 33.6. The molecule has 3 atom stereocenters. The zero-order valence-corrected chi connectivity index (χ0v) is 10.9. The predicted octanol–water partition coefficient (Wildman–Crippen LogP) is 2.62. The maximum atomic E-state index is 6.23. The Bertz CT molecular complexity index is 193. The van der Waals surface area contributed by atoms with Crippen molar-refractivity contribution in [1.29, 1.82) is 0 Å². The van der Waals surface area contributed by atoms with Gasteiger partial charge in [-0.1, -0.05) is 27.2 Å². The molecule has 1 saturated carbocycles. The smallest absolute Gasteiger partial charge is 0.0105 e. The molecular formula is C13H28N2. The summed E-state index contributed by atoms with van der Waals surface area (Å²) in [6.45, 7) is 11.6. The third-order valence-electron chi connectivity index (χ3n) is 4.34. The second-order valence-corrected chi connectivity index (χ2v) is 5.47. The molecule has 3 unspecified atom stereocenters. The van der Waals surface area contributed by atoms with Crippen molar-refractivity contribution >= 4 is 0 Å². The van der Waals surface area contributed by atoms with Crippen LogP contribution in [-0.4, -0.2) is 30.1 Å². The molecule has 1 aliphatic carbocycles. The Morgan fingerprint density at radius 3 is 2.53 bits per heavy atom. The molecule has 0 saturated heterocycles. The molecule has 2 N–H and O–H groups in total. The zero-order chi connectivity index (χ0) is 11.5. The van der Waals surface area contributed by atoms with E-state index in [2.05, 4.69) is 32.6 Å². The Balaban J connectivity index is 2.57. The fourth-order valence-electron chi connectivity index (χ4n) is 2.76. The van der Waals surface area contributed by atoms with Crippen molar-refractivity contribution in [3.8, 4) is 0 Å². The molecule has 0 aromatic carbocycles. The number of hydrogen-bond donors (Lipinski definition) is 1. The minimum absolute atomic E-state index is 0.361. The van der Waals surface area contributed by atoms with E-state index in [1.807, 2.05) is 0 Å². The Labute approximate surface area is 95.2 Å². The van der Waals surface area contributed by atoms with Gasteiger partial charge in [0.05, 0.1) is 0 Å². The first-order chi connectivity index (χ1) is 7.03. The van der Waals surface area contributed by atoms with Crippen LogP contribution in [0.4, 0.5) is 0 Å². The van der Waals surface area contributed by atoms with E-state index < -0.39 is 0 Å². The molecule has 0 aromatic rings. The SMILES string of the molecule is CCC(C)N(CC)CC1(C)CCCC1N. The fraction of sp³-hybridized carbons (Fsp3) is 1.00. The third kappa shape index (κ3) is 2.94. The van der Waals surface area contributed by atoms with Crippen molar-refractivity contribution in [3.63, 3.8) is 0 Å². The summed E-state index contributed by atoms with van der Waals surface area (Å²) in [5, 5.41) is 0. The van der Waals surface area contributed by atoms with Crippen molar-refractivity contribution in [2.75, 3.05) is 13.1 Å². The topological polar surface area (TPSA) is 29.3 Å². The highest BCUT2D eigenvalue weighted by Crippen LogP contribution is 2.37. The Morgan fingerprint density at radius 1 is 1.47 bits per heavy atom. The average molecular weight is 212 g/mol. The van der Waals surface area contributed by atoms with Gasteiger partial charge in [0.15, 0.2) is 0 Å². The zero-order valence-electron chi connectivity index (χ0n) is 10.9. The average Bonchev–Trinajstić information content (AvgIpc) is 2.55. The van der Waals surface area contributed by atoms with Crippen molar-refractivity contribution in [3.05, 3.63) is 0 Å². The minimum atomic E-state index is 0.361. The van der Waals surface area contributed by atoms with Crippen LogP contribution in [0.5, 0.6) is 0 Å². The molecule has 90 valence electrons. The van der Waals surface area contributed by atoms with E-state index in [0.29, 0.717) is 17.5 Å². The standard InChI is InChI=1S/C13H28N2/c1-5-11(3)15(6-2)10-13(4)9-7-8-12(13)14/h11-12H,5-10,14H2,1-4H3. The first-order valence-electron chi connectivity index (χ1n) is 6.53. The van der Waals surface area contributed by atoms with Gasteiger partial charge in [-0.25, -0.2) is 0 Å². The summed E-state index contributed by atoms with van der Waals surface area (Å²) in [4.78, 5) is 2.59. The summed E-state index contributed by atoms with van der Waals surface area (Å²) in [5.41, 5.74) is 6.59. The van der Waals surface area contributed by atoms with Crippen LogP contribution in [0.2, 0.25) is 0 Å². The first-order valence-corrected chi connectivity index (χ1v) is 6.53. The van der Waals surface area contributed by atoms with Crippen molar-refractivity contribution in [1.82, 2.24) is 4.90 Å². The predicted molar refractivity (Wildman–Crippen MR) is 66.9 cm³/mol. The van der Waals surface area contributed by atoms with E-state index >= 15 is 0 Å². The lowest BCUT2D eigenvalue weighted by atomic mass is 9.84. The van der Waals surface area contributed by atoms with Crippen LogP contribution in [0, 0.1) is 5.41 Å². The lowest BCUT2D eigenvalue weighted by molar-refractivity contribution is 0.121. The van der Waals surface area contributed by atoms with Crippen LogP contribution < -0.4 is 5.73 Å². The lowest BCUT2D eigenvalue weighted by Gasteiger charge is -2.38. The summed E-state index contributed by atoms with van der Waals surface area (Å²) >= 11 is 0. The van der Waals surface area contributed by atoms with Gasteiger partial charge in [-0.15, -0.1) is 0 Å². The van der Waals surface area contributed by atoms with Gasteiger partial charge in [-0.3, -0.25) is 0 Å². The van der Waals surface area contributed by atoms with Gasteiger partial charge < -0.3 is 10.6 Å². The Kier molecular flexibility index (Phi) is 4.60. The van der Waals surface area contributed by atoms with Crippen LogP contribution in [0.1, 0.15) is 53.4 Å². The molecule has 0 aromatic heterocycles. The minimum Gasteiger partial charge on any atom is -0.327 e. The monoisotopic (exact) mass is 212 g/mol. The maximum absolute atomic E-state index is 6.23. The van der Waals surface area contributed by atoms with Gasteiger partial charge in [0, 0.05) is 18.6 Å². The highest BCUT2D eigenvalue weighted by Gasteiger charge is 2.37. The first kappa shape index (κ1) is 13.0. The molecule has 1 aliphatic rings.